The van der Waals surface area contributed by atoms with E-state index >= 15 is 0 Å². The summed E-state index contributed by atoms with van der Waals surface area (Å²) >= 11 is 6.09. The van der Waals surface area contributed by atoms with Crippen LogP contribution in [0, 0.1) is 11.3 Å². The van der Waals surface area contributed by atoms with Crippen molar-refractivity contribution in [1.29, 1.82) is 5.26 Å². The zero-order valence-electron chi connectivity index (χ0n) is 16.3. The van der Waals surface area contributed by atoms with Crippen molar-refractivity contribution in [2.24, 2.45) is 0 Å². The van der Waals surface area contributed by atoms with Gasteiger partial charge in [0.25, 0.3) is 5.91 Å². The molecule has 4 rings (SSSR count). The maximum atomic E-state index is 12.6. The lowest BCUT2D eigenvalue weighted by Gasteiger charge is -2.09. The summed E-state index contributed by atoms with van der Waals surface area (Å²) in [5.74, 6) is -0.361. The number of carbonyl (C=O) groups excluding carboxylic acids is 1. The van der Waals surface area contributed by atoms with Gasteiger partial charge in [-0.1, -0.05) is 35.9 Å². The number of hydrogen-bond donors (Lipinski definition) is 1. The molecule has 8 heteroatoms. The molecule has 0 aliphatic carbocycles. The molecule has 154 valence electrons. The first-order valence-electron chi connectivity index (χ1n) is 9.20. The highest BCUT2D eigenvalue weighted by molar-refractivity contribution is 7.89. The molecule has 0 spiro atoms. The van der Waals surface area contributed by atoms with Gasteiger partial charge in [0.15, 0.2) is 0 Å². The Morgan fingerprint density at radius 2 is 1.74 bits per heavy atom. The van der Waals surface area contributed by atoms with Crippen molar-refractivity contribution in [2.45, 2.75) is 0 Å². The highest BCUT2D eigenvalue weighted by Gasteiger charge is 2.19. The number of benzene rings is 3. The fraction of sp³-hybridized carbons (Fsp3) is 0.0435. The number of hydrogen-bond acceptors (Lipinski definition) is 4. The number of nitrogens with one attached hydrogen (secondary N) is 1. The summed E-state index contributed by atoms with van der Waals surface area (Å²) in [6.45, 7) is 0. The standard InChI is InChI=1S/C23H16ClN3O3S/c1-31(29,30)27-21-11-10-18(26-23(28)19-4-2-3-5-20(19)24)12-17(21)13-22(27)16-8-6-15(14-25)7-9-16/h2-13H,1H3,(H,26,28). The Bertz CT molecular complexity index is 1470. The predicted molar refractivity (Wildman–Crippen MR) is 122 cm³/mol. The molecule has 3 aromatic carbocycles. The second-order valence-corrected chi connectivity index (χ2v) is 9.19. The second kappa shape index (κ2) is 7.91. The van der Waals surface area contributed by atoms with Gasteiger partial charge in [-0.2, -0.15) is 5.26 Å². The van der Waals surface area contributed by atoms with Gasteiger partial charge in [-0.15, -0.1) is 0 Å². The molecule has 1 aromatic heterocycles. The van der Waals surface area contributed by atoms with Crippen LogP contribution in [0.1, 0.15) is 15.9 Å². The molecule has 1 N–H and O–H groups in total. The molecular weight excluding hydrogens is 434 g/mol. The quantitative estimate of drug-likeness (QED) is 0.480. The number of halogens is 1. The van der Waals surface area contributed by atoms with E-state index in [0.717, 1.165) is 6.26 Å². The Hall–Kier alpha value is -3.60. The van der Waals surface area contributed by atoms with E-state index in [4.69, 9.17) is 16.9 Å². The van der Waals surface area contributed by atoms with Crippen molar-refractivity contribution in [2.75, 3.05) is 11.6 Å². The van der Waals surface area contributed by atoms with Crippen LogP contribution < -0.4 is 5.32 Å². The number of anilines is 1. The van der Waals surface area contributed by atoms with Crippen LogP contribution >= 0.6 is 11.6 Å². The van der Waals surface area contributed by atoms with Crippen LogP contribution in [0.5, 0.6) is 0 Å². The van der Waals surface area contributed by atoms with Gasteiger partial charge < -0.3 is 5.32 Å². The van der Waals surface area contributed by atoms with Crippen LogP contribution in [0.25, 0.3) is 22.2 Å². The molecule has 0 radical (unpaired) electrons. The fourth-order valence-electron chi connectivity index (χ4n) is 3.39. The molecule has 0 saturated heterocycles. The first-order valence-corrected chi connectivity index (χ1v) is 11.4. The monoisotopic (exact) mass is 449 g/mol. The molecule has 1 amide bonds. The largest absolute Gasteiger partial charge is 0.322 e. The van der Waals surface area contributed by atoms with Crippen molar-refractivity contribution in [3.8, 4) is 17.3 Å². The van der Waals surface area contributed by atoms with Crippen LogP contribution in [0.3, 0.4) is 0 Å². The van der Waals surface area contributed by atoms with Crippen molar-refractivity contribution >= 4 is 44.1 Å². The predicted octanol–water partition coefficient (Wildman–Crippen LogP) is 4.89. The van der Waals surface area contributed by atoms with Gasteiger partial charge in [-0.3, -0.25) is 4.79 Å². The number of amides is 1. The molecule has 0 atom stereocenters. The van der Waals surface area contributed by atoms with Crippen molar-refractivity contribution < 1.29 is 13.2 Å². The summed E-state index contributed by atoms with van der Waals surface area (Å²) in [7, 11) is -3.62. The number of fused-ring (bicyclic) bond motifs is 1. The van der Waals surface area contributed by atoms with Gasteiger partial charge in [-0.25, -0.2) is 12.4 Å². The molecule has 0 saturated carbocycles. The van der Waals surface area contributed by atoms with E-state index in [1.807, 2.05) is 6.07 Å². The van der Waals surface area contributed by atoms with Gasteiger partial charge in [0.2, 0.25) is 10.0 Å². The van der Waals surface area contributed by atoms with Gasteiger partial charge >= 0.3 is 0 Å². The van der Waals surface area contributed by atoms with E-state index in [1.165, 1.54) is 3.97 Å². The third-order valence-corrected chi connectivity index (χ3v) is 6.16. The smallest absolute Gasteiger partial charge is 0.257 e. The minimum atomic E-state index is -3.62. The summed E-state index contributed by atoms with van der Waals surface area (Å²) in [4.78, 5) is 12.6. The molecule has 0 bridgehead atoms. The third-order valence-electron chi connectivity index (χ3n) is 4.78. The van der Waals surface area contributed by atoms with E-state index in [-0.39, 0.29) is 5.91 Å². The van der Waals surface area contributed by atoms with Crippen LogP contribution in [0.15, 0.2) is 72.8 Å². The maximum Gasteiger partial charge on any atom is 0.257 e. The molecule has 0 fully saturated rings. The SMILES string of the molecule is CS(=O)(=O)n1c(-c2ccc(C#N)cc2)cc2cc(NC(=O)c3ccccc3Cl)ccc21. The highest BCUT2D eigenvalue weighted by Crippen LogP contribution is 2.32. The van der Waals surface area contributed by atoms with Crippen LogP contribution in [-0.2, 0) is 10.0 Å². The Labute approximate surface area is 184 Å². The summed E-state index contributed by atoms with van der Waals surface area (Å²) in [6.07, 6.45) is 1.13. The third kappa shape index (κ3) is 4.04. The zero-order chi connectivity index (χ0) is 22.2. The molecule has 1 heterocycles. The molecular formula is C23H16ClN3O3S. The van der Waals surface area contributed by atoms with Crippen LogP contribution in [-0.4, -0.2) is 24.6 Å². The average Bonchev–Trinajstić information content (AvgIpc) is 3.13. The van der Waals surface area contributed by atoms with Gasteiger partial charge in [-0.05, 0) is 54.1 Å². The van der Waals surface area contributed by atoms with E-state index in [9.17, 15) is 13.2 Å². The summed E-state index contributed by atoms with van der Waals surface area (Å²) in [6, 6.07) is 22.2. The minimum Gasteiger partial charge on any atom is -0.322 e. The topological polar surface area (TPSA) is 92.0 Å². The van der Waals surface area contributed by atoms with Crippen molar-refractivity contribution in [3.05, 3.63) is 88.9 Å². The Morgan fingerprint density at radius 3 is 2.39 bits per heavy atom. The van der Waals surface area contributed by atoms with Gasteiger partial charge in [0.1, 0.15) is 0 Å². The first-order chi connectivity index (χ1) is 14.8. The lowest BCUT2D eigenvalue weighted by atomic mass is 10.1. The maximum absolute atomic E-state index is 12.6. The zero-order valence-corrected chi connectivity index (χ0v) is 17.9. The molecule has 6 nitrogen and oxygen atoms in total. The summed E-state index contributed by atoms with van der Waals surface area (Å²) < 4.78 is 26.3. The number of nitriles is 1. The molecule has 0 aliphatic rings. The second-order valence-electron chi connectivity index (χ2n) is 6.95. The lowest BCUT2D eigenvalue weighted by molar-refractivity contribution is 0.102. The van der Waals surface area contributed by atoms with E-state index < -0.39 is 10.0 Å². The number of carbonyl (C=O) groups is 1. The normalized spacial score (nSPS) is 11.3. The molecule has 4 aromatic rings. The first kappa shape index (κ1) is 20.7. The highest BCUT2D eigenvalue weighted by atomic mass is 35.5. The lowest BCUT2D eigenvalue weighted by Crippen LogP contribution is -2.13. The summed E-state index contributed by atoms with van der Waals surface area (Å²) in [5.41, 5.74) is 2.94. The van der Waals surface area contributed by atoms with Crippen molar-refractivity contribution in [3.63, 3.8) is 0 Å². The average molecular weight is 450 g/mol. The van der Waals surface area contributed by atoms with E-state index in [1.54, 1.807) is 72.8 Å². The van der Waals surface area contributed by atoms with Gasteiger partial charge in [0, 0.05) is 11.1 Å². The minimum absolute atomic E-state index is 0.340. The van der Waals surface area contributed by atoms with Crippen LogP contribution in [0.4, 0.5) is 5.69 Å². The van der Waals surface area contributed by atoms with Crippen LogP contribution in [0.2, 0.25) is 5.02 Å². The van der Waals surface area contributed by atoms with Crippen molar-refractivity contribution in [1.82, 2.24) is 3.97 Å². The summed E-state index contributed by atoms with van der Waals surface area (Å²) in [5, 5.41) is 12.8. The molecule has 0 aliphatic heterocycles. The van der Waals surface area contributed by atoms with E-state index in [0.29, 0.717) is 44.0 Å². The number of aromatic nitrogens is 1. The van der Waals surface area contributed by atoms with E-state index in [2.05, 4.69) is 5.32 Å². The number of nitrogens with zero attached hydrogens (tertiary/aromatic N) is 2. The number of rotatable bonds is 4. The molecule has 31 heavy (non-hydrogen) atoms. The van der Waals surface area contributed by atoms with Gasteiger partial charge in [0.05, 0.1) is 39.7 Å². The Kier molecular flexibility index (Phi) is 5.27. The fourth-order valence-corrected chi connectivity index (χ4v) is 4.65. The Morgan fingerprint density at radius 1 is 1.03 bits per heavy atom. The Balaban J connectivity index is 1.79. The molecule has 0 unspecified atom stereocenters.